The Morgan fingerprint density at radius 2 is 1.90 bits per heavy atom. The number of fused-ring (bicyclic) bond motifs is 2. The molecular formula is C18H18N6O6S. The maximum absolute atomic E-state index is 12.6. The molecule has 0 aliphatic heterocycles. The Bertz CT molecular complexity index is 1570. The van der Waals surface area contributed by atoms with Gasteiger partial charge in [-0.05, 0) is 12.1 Å². The quantitative estimate of drug-likeness (QED) is 0.368. The Balaban J connectivity index is 1.60. The third-order valence-electron chi connectivity index (χ3n) is 4.82. The van der Waals surface area contributed by atoms with Crippen LogP contribution in [0.15, 0.2) is 45.5 Å². The first-order valence-electron chi connectivity index (χ1n) is 9.06. The van der Waals surface area contributed by atoms with Crippen molar-refractivity contribution >= 4 is 32.5 Å². The highest BCUT2D eigenvalue weighted by molar-refractivity contribution is 7.90. The van der Waals surface area contributed by atoms with Crippen LogP contribution in [0.4, 0.5) is 0 Å². The average molecular weight is 446 g/mol. The van der Waals surface area contributed by atoms with Crippen molar-refractivity contribution in [2.75, 3.05) is 12.9 Å². The first-order valence-corrected chi connectivity index (χ1v) is 11.0. The standard InChI is InChI=1S/C18H18N6O6S/c1-21-14-13(15(25)22(2)18(21)27)23(10-19-14)8-9-30-16(26)12-11-6-4-5-7-24(11)17(20-12)31(3,28)29/h4-7,10H,8-9H2,1-3H3. The summed E-state index contributed by atoms with van der Waals surface area (Å²) in [5.74, 6) is -0.802. The summed E-state index contributed by atoms with van der Waals surface area (Å²) < 4.78 is 34.3. The zero-order valence-corrected chi connectivity index (χ0v) is 17.7. The van der Waals surface area contributed by atoms with Gasteiger partial charge in [0.15, 0.2) is 16.9 Å². The lowest BCUT2D eigenvalue weighted by atomic mass is 10.3. The van der Waals surface area contributed by atoms with Crippen LogP contribution < -0.4 is 11.2 Å². The van der Waals surface area contributed by atoms with Gasteiger partial charge in [0.1, 0.15) is 6.61 Å². The molecule has 0 aliphatic rings. The lowest BCUT2D eigenvalue weighted by Gasteiger charge is -2.07. The van der Waals surface area contributed by atoms with Crippen LogP contribution in [0.25, 0.3) is 16.7 Å². The van der Waals surface area contributed by atoms with E-state index in [2.05, 4.69) is 9.97 Å². The Hall–Kier alpha value is -3.74. The second-order valence-electron chi connectivity index (χ2n) is 6.92. The van der Waals surface area contributed by atoms with Crippen LogP contribution in [0.3, 0.4) is 0 Å². The Morgan fingerprint density at radius 1 is 1.16 bits per heavy atom. The van der Waals surface area contributed by atoms with E-state index in [1.165, 1.54) is 40.2 Å². The maximum Gasteiger partial charge on any atom is 0.359 e. The predicted molar refractivity (Wildman–Crippen MR) is 109 cm³/mol. The van der Waals surface area contributed by atoms with Crippen LogP contribution in [0, 0.1) is 0 Å². The van der Waals surface area contributed by atoms with Crippen molar-refractivity contribution in [1.82, 2.24) is 28.1 Å². The van der Waals surface area contributed by atoms with Crippen molar-refractivity contribution in [1.29, 1.82) is 0 Å². The molecule has 4 aromatic rings. The molecule has 12 nitrogen and oxygen atoms in total. The van der Waals surface area contributed by atoms with E-state index in [9.17, 15) is 22.8 Å². The fraction of sp³-hybridized carbons (Fsp3) is 0.278. The third kappa shape index (κ3) is 3.32. The molecule has 0 N–H and O–H groups in total. The number of pyridine rings is 1. The topological polar surface area (TPSA) is 140 Å². The number of ether oxygens (including phenoxy) is 1. The number of aryl methyl sites for hydroxylation is 1. The van der Waals surface area contributed by atoms with Gasteiger partial charge in [0.25, 0.3) is 5.56 Å². The molecule has 31 heavy (non-hydrogen) atoms. The second kappa shape index (κ2) is 7.19. The van der Waals surface area contributed by atoms with Crippen molar-refractivity contribution in [3.05, 3.63) is 57.3 Å². The van der Waals surface area contributed by atoms with Crippen LogP contribution in [0.1, 0.15) is 10.5 Å². The van der Waals surface area contributed by atoms with Gasteiger partial charge in [0.2, 0.25) is 15.0 Å². The second-order valence-corrected chi connectivity index (χ2v) is 8.83. The number of hydrogen-bond acceptors (Lipinski definition) is 8. The number of esters is 1. The zero-order chi connectivity index (χ0) is 22.5. The summed E-state index contributed by atoms with van der Waals surface area (Å²) in [4.78, 5) is 45.1. The van der Waals surface area contributed by atoms with E-state index in [4.69, 9.17) is 4.74 Å². The fourth-order valence-electron chi connectivity index (χ4n) is 3.29. The molecule has 0 spiro atoms. The largest absolute Gasteiger partial charge is 0.459 e. The SMILES string of the molecule is Cn1c(=O)c2c(ncn2CCOC(=O)c2nc(S(C)(=O)=O)n3ccccc23)n(C)c1=O. The molecule has 4 rings (SSSR count). The first kappa shape index (κ1) is 20.5. The van der Waals surface area contributed by atoms with E-state index in [0.29, 0.717) is 5.52 Å². The summed E-state index contributed by atoms with van der Waals surface area (Å²) in [6, 6.07) is 4.83. The van der Waals surface area contributed by atoms with E-state index in [1.54, 1.807) is 18.2 Å². The molecule has 0 unspecified atom stereocenters. The molecule has 0 saturated heterocycles. The van der Waals surface area contributed by atoms with Crippen molar-refractivity contribution < 1.29 is 17.9 Å². The summed E-state index contributed by atoms with van der Waals surface area (Å²) in [6.07, 6.45) is 3.88. The van der Waals surface area contributed by atoms with Gasteiger partial charge in [-0.1, -0.05) is 6.07 Å². The molecule has 0 radical (unpaired) electrons. The van der Waals surface area contributed by atoms with Gasteiger partial charge in [-0.25, -0.2) is 28.0 Å². The molecule has 0 saturated carbocycles. The molecule has 0 fully saturated rings. The van der Waals surface area contributed by atoms with Crippen LogP contribution in [0.5, 0.6) is 0 Å². The van der Waals surface area contributed by atoms with Crippen LogP contribution >= 0.6 is 0 Å². The minimum Gasteiger partial charge on any atom is -0.459 e. The fourth-order valence-corrected chi connectivity index (χ4v) is 4.07. The van der Waals surface area contributed by atoms with E-state index in [1.807, 2.05) is 0 Å². The van der Waals surface area contributed by atoms with Crippen LogP contribution in [-0.4, -0.2) is 55.3 Å². The van der Waals surface area contributed by atoms with E-state index >= 15 is 0 Å². The smallest absolute Gasteiger partial charge is 0.359 e. The normalized spacial score (nSPS) is 12.0. The van der Waals surface area contributed by atoms with Gasteiger partial charge in [0, 0.05) is 26.5 Å². The highest BCUT2D eigenvalue weighted by Crippen LogP contribution is 2.18. The molecule has 4 aromatic heterocycles. The van der Waals surface area contributed by atoms with Gasteiger partial charge in [-0.3, -0.25) is 18.3 Å². The molecule has 162 valence electrons. The highest BCUT2D eigenvalue weighted by Gasteiger charge is 2.23. The third-order valence-corrected chi connectivity index (χ3v) is 5.77. The maximum atomic E-state index is 12.6. The number of aromatic nitrogens is 6. The average Bonchev–Trinajstić information content (AvgIpc) is 3.32. The number of nitrogens with zero attached hydrogens (tertiary/aromatic N) is 6. The lowest BCUT2D eigenvalue weighted by molar-refractivity contribution is 0.0488. The molecule has 0 aromatic carbocycles. The number of imidazole rings is 2. The number of carbonyl (C=O) groups excluding carboxylic acids is 1. The van der Waals surface area contributed by atoms with Crippen LogP contribution in [0.2, 0.25) is 0 Å². The van der Waals surface area contributed by atoms with Crippen LogP contribution in [-0.2, 0) is 35.2 Å². The molecule has 0 aliphatic carbocycles. The minimum atomic E-state index is -3.67. The monoisotopic (exact) mass is 446 g/mol. The Kier molecular flexibility index (Phi) is 4.76. The summed E-state index contributed by atoms with van der Waals surface area (Å²) >= 11 is 0. The summed E-state index contributed by atoms with van der Waals surface area (Å²) in [5, 5.41) is -0.264. The van der Waals surface area contributed by atoms with E-state index in [-0.39, 0.29) is 35.2 Å². The first-order chi connectivity index (χ1) is 14.6. The lowest BCUT2D eigenvalue weighted by Crippen LogP contribution is -2.37. The van der Waals surface area contributed by atoms with Gasteiger partial charge >= 0.3 is 11.7 Å². The van der Waals surface area contributed by atoms with Gasteiger partial charge in [0.05, 0.1) is 18.4 Å². The van der Waals surface area contributed by atoms with Crippen molar-refractivity contribution in [3.63, 3.8) is 0 Å². The molecular weight excluding hydrogens is 428 g/mol. The number of sulfone groups is 1. The summed E-state index contributed by atoms with van der Waals surface area (Å²) in [5.41, 5.74) is -0.424. The number of hydrogen-bond donors (Lipinski definition) is 0. The Labute approximate surface area is 174 Å². The zero-order valence-electron chi connectivity index (χ0n) is 16.8. The number of carbonyl (C=O) groups is 1. The Morgan fingerprint density at radius 3 is 2.61 bits per heavy atom. The molecule has 13 heteroatoms. The molecule has 4 heterocycles. The van der Waals surface area contributed by atoms with E-state index in [0.717, 1.165) is 10.8 Å². The van der Waals surface area contributed by atoms with Crippen molar-refractivity contribution in [2.45, 2.75) is 11.7 Å². The van der Waals surface area contributed by atoms with E-state index < -0.39 is 27.1 Å². The summed E-state index contributed by atoms with van der Waals surface area (Å²) in [6.45, 7) is -0.0310. The van der Waals surface area contributed by atoms with Gasteiger partial charge in [-0.2, -0.15) is 0 Å². The molecule has 0 amide bonds. The van der Waals surface area contributed by atoms with Crippen molar-refractivity contribution in [3.8, 4) is 0 Å². The predicted octanol–water partition coefficient (Wildman–Crippen LogP) is -0.658. The molecule has 0 atom stereocenters. The van der Waals surface area contributed by atoms with Crippen molar-refractivity contribution in [2.24, 2.45) is 14.1 Å². The van der Waals surface area contributed by atoms with Gasteiger partial charge in [-0.15, -0.1) is 0 Å². The van der Waals surface area contributed by atoms with Gasteiger partial charge < -0.3 is 9.30 Å². The number of rotatable bonds is 5. The summed E-state index contributed by atoms with van der Waals surface area (Å²) in [7, 11) is -0.802. The highest BCUT2D eigenvalue weighted by atomic mass is 32.2. The minimum absolute atomic E-state index is 0.0976. The molecule has 0 bridgehead atoms.